The molecule has 2 aliphatic heterocycles. The zero-order valence-corrected chi connectivity index (χ0v) is 27.0. The Balaban J connectivity index is 1.67. The summed E-state index contributed by atoms with van der Waals surface area (Å²) < 4.78 is 63.6. The van der Waals surface area contributed by atoms with Crippen molar-refractivity contribution in [2.45, 2.75) is 71.0 Å². The summed E-state index contributed by atoms with van der Waals surface area (Å²) >= 11 is 0. The lowest BCUT2D eigenvalue weighted by Crippen LogP contribution is -2.55. The molecule has 0 unspecified atom stereocenters. The zero-order chi connectivity index (χ0) is 33.8. The van der Waals surface area contributed by atoms with Crippen LogP contribution in [-0.2, 0) is 20.4 Å². The number of carbonyl (C=O) groups is 3. The van der Waals surface area contributed by atoms with E-state index in [1.165, 1.54) is 25.3 Å². The van der Waals surface area contributed by atoms with Crippen LogP contribution in [-0.4, -0.2) is 92.0 Å². The second-order valence-electron chi connectivity index (χ2n) is 12.7. The lowest BCUT2D eigenvalue weighted by molar-refractivity contribution is -0.137. The molecule has 0 bridgehead atoms. The summed E-state index contributed by atoms with van der Waals surface area (Å²) in [7, 11) is 1.23. The summed E-state index contributed by atoms with van der Waals surface area (Å²) in [6.45, 7) is 11.0. The van der Waals surface area contributed by atoms with Gasteiger partial charge < -0.3 is 29.2 Å². The Morgan fingerprint density at radius 3 is 2.43 bits per heavy atom. The van der Waals surface area contributed by atoms with Gasteiger partial charge in [0.25, 0.3) is 5.91 Å². The first kappa shape index (κ1) is 35.0. The highest BCUT2D eigenvalue weighted by Crippen LogP contribution is 2.34. The van der Waals surface area contributed by atoms with Crippen molar-refractivity contribution in [3.05, 3.63) is 64.2 Å². The molecule has 0 spiro atoms. The third-order valence-corrected chi connectivity index (χ3v) is 7.86. The lowest BCUT2D eigenvalue weighted by Gasteiger charge is -2.41. The summed E-state index contributed by atoms with van der Waals surface area (Å²) in [5.74, 6) is -1.06. The number of methoxy groups -OCH3 is 1. The summed E-state index contributed by atoms with van der Waals surface area (Å²) in [6, 6.07) is 7.30. The molecule has 0 saturated carbocycles. The van der Waals surface area contributed by atoms with Crippen LogP contribution in [0.4, 0.5) is 18.0 Å². The minimum Gasteiger partial charge on any atom is -0.484 e. The van der Waals surface area contributed by atoms with E-state index >= 15 is 0 Å². The van der Waals surface area contributed by atoms with Crippen LogP contribution in [0.15, 0.2) is 36.4 Å². The third kappa shape index (κ3) is 8.91. The Morgan fingerprint density at radius 2 is 1.83 bits per heavy atom. The Labute approximate surface area is 267 Å². The average molecular weight is 650 g/mol. The van der Waals surface area contributed by atoms with Gasteiger partial charge in [0, 0.05) is 38.8 Å². The van der Waals surface area contributed by atoms with E-state index in [0.29, 0.717) is 44.8 Å². The molecule has 46 heavy (non-hydrogen) atoms. The summed E-state index contributed by atoms with van der Waals surface area (Å²) in [5.41, 5.74) is -0.582. The fourth-order valence-electron chi connectivity index (χ4n) is 5.50. The Hall–Kier alpha value is -3.84. The van der Waals surface area contributed by atoms with E-state index in [4.69, 9.17) is 18.9 Å². The monoisotopic (exact) mass is 649 g/mol. The number of aryl methyl sites for hydroxylation is 1. The second-order valence-corrected chi connectivity index (χ2v) is 12.7. The maximum Gasteiger partial charge on any atom is 0.416 e. The first-order valence-electron chi connectivity index (χ1n) is 15.2. The van der Waals surface area contributed by atoms with E-state index in [-0.39, 0.29) is 41.1 Å². The van der Waals surface area contributed by atoms with E-state index in [1.54, 1.807) is 38.7 Å². The molecule has 2 heterocycles. The SMILES string of the molecule is COC(=O)c1cc(C(=O)N[C@H]2CCOC2)c(O[C@H](CN2CCN(C(=O)OC(C)(C)C)[C@H](C)C2)c2cccc(C(F)(F)F)c2)cc1C. The van der Waals surface area contributed by atoms with Gasteiger partial charge in [-0.15, -0.1) is 0 Å². The van der Waals surface area contributed by atoms with E-state index in [0.717, 1.165) is 12.1 Å². The number of rotatable bonds is 8. The molecule has 1 N–H and O–H groups in total. The van der Waals surface area contributed by atoms with E-state index < -0.39 is 41.4 Å². The fourth-order valence-corrected chi connectivity index (χ4v) is 5.50. The maximum absolute atomic E-state index is 13.8. The van der Waals surface area contributed by atoms with Gasteiger partial charge in [-0.3, -0.25) is 9.69 Å². The molecular formula is C33H42F3N3O7. The molecule has 2 saturated heterocycles. The van der Waals surface area contributed by atoms with Crippen LogP contribution in [0, 0.1) is 6.92 Å². The number of nitrogens with zero attached hydrogens (tertiary/aromatic N) is 2. The quantitative estimate of drug-likeness (QED) is 0.380. The minimum atomic E-state index is -4.58. The lowest BCUT2D eigenvalue weighted by atomic mass is 10.0. The summed E-state index contributed by atoms with van der Waals surface area (Å²) in [5, 5.41) is 2.90. The molecule has 3 atom stereocenters. The van der Waals surface area contributed by atoms with Crippen LogP contribution in [0.3, 0.4) is 0 Å². The normalized spacial score (nSPS) is 19.8. The van der Waals surface area contributed by atoms with Crippen LogP contribution in [0.1, 0.15) is 77.6 Å². The minimum absolute atomic E-state index is 0.0398. The van der Waals surface area contributed by atoms with E-state index in [2.05, 4.69) is 5.32 Å². The number of alkyl halides is 3. The van der Waals surface area contributed by atoms with Crippen LogP contribution in [0.25, 0.3) is 0 Å². The van der Waals surface area contributed by atoms with Gasteiger partial charge >= 0.3 is 18.2 Å². The Bertz CT molecular complexity index is 1420. The smallest absolute Gasteiger partial charge is 0.416 e. The standard InChI is InChI=1S/C33H42F3N3O7/c1-20-14-27(26(16-25(20)30(41)43-6)29(40)37-24-10-13-44-19-24)45-28(22-8-7-9-23(15-22)33(34,35)36)18-38-11-12-39(21(2)17-38)31(42)46-32(3,4)5/h7-9,14-16,21,24,28H,10-13,17-19H2,1-6H3,(H,37,40)/t21-,24+,28-/m1/s1. The first-order chi connectivity index (χ1) is 21.6. The van der Waals surface area contributed by atoms with Crippen LogP contribution in [0.5, 0.6) is 5.75 Å². The van der Waals surface area contributed by atoms with Crippen molar-refractivity contribution in [2.24, 2.45) is 0 Å². The predicted molar refractivity (Wildman–Crippen MR) is 163 cm³/mol. The molecule has 2 aromatic rings. The first-order valence-corrected chi connectivity index (χ1v) is 15.2. The van der Waals surface area contributed by atoms with Crippen LogP contribution < -0.4 is 10.1 Å². The molecule has 0 radical (unpaired) electrons. The molecule has 0 aliphatic carbocycles. The number of nitrogens with one attached hydrogen (secondary N) is 1. The average Bonchev–Trinajstić information content (AvgIpc) is 3.48. The van der Waals surface area contributed by atoms with Crippen molar-refractivity contribution >= 4 is 18.0 Å². The number of piperazine rings is 1. The zero-order valence-electron chi connectivity index (χ0n) is 27.0. The number of hydrogen-bond donors (Lipinski definition) is 1. The summed E-state index contributed by atoms with van der Waals surface area (Å²) in [4.78, 5) is 42.5. The Morgan fingerprint density at radius 1 is 1.09 bits per heavy atom. The van der Waals surface area contributed by atoms with Gasteiger partial charge in [-0.1, -0.05) is 12.1 Å². The van der Waals surface area contributed by atoms with Gasteiger partial charge in [-0.2, -0.15) is 13.2 Å². The van der Waals surface area contributed by atoms with Crippen LogP contribution in [0.2, 0.25) is 0 Å². The highest BCUT2D eigenvalue weighted by molar-refractivity contribution is 6.01. The largest absolute Gasteiger partial charge is 0.484 e. The van der Waals surface area contributed by atoms with E-state index in [1.807, 2.05) is 11.8 Å². The highest BCUT2D eigenvalue weighted by atomic mass is 19.4. The number of benzene rings is 2. The number of amides is 2. The van der Waals surface area contributed by atoms with E-state index in [9.17, 15) is 27.6 Å². The molecule has 2 amide bonds. The second kappa shape index (κ2) is 14.3. The van der Waals surface area contributed by atoms with Gasteiger partial charge in [0.15, 0.2) is 0 Å². The van der Waals surface area contributed by atoms with Crippen molar-refractivity contribution in [1.82, 2.24) is 15.1 Å². The number of carbonyl (C=O) groups excluding carboxylic acids is 3. The predicted octanol–water partition coefficient (Wildman–Crippen LogP) is 5.38. The molecule has 2 fully saturated rings. The number of esters is 1. The fraction of sp³-hybridized carbons (Fsp3) is 0.545. The number of hydrogen-bond acceptors (Lipinski definition) is 8. The Kier molecular flexibility index (Phi) is 10.9. The highest BCUT2D eigenvalue weighted by Gasteiger charge is 2.35. The molecule has 4 rings (SSSR count). The molecule has 13 heteroatoms. The van der Waals surface area contributed by atoms with Gasteiger partial charge in [0.2, 0.25) is 0 Å². The van der Waals surface area contributed by atoms with Crippen molar-refractivity contribution in [2.75, 3.05) is 46.5 Å². The van der Waals surface area contributed by atoms with Gasteiger partial charge in [-0.05, 0) is 76.4 Å². The van der Waals surface area contributed by atoms with Crippen molar-refractivity contribution in [1.29, 1.82) is 0 Å². The number of ether oxygens (including phenoxy) is 4. The van der Waals surface area contributed by atoms with Crippen molar-refractivity contribution < 1.29 is 46.5 Å². The molecule has 2 aromatic carbocycles. The van der Waals surface area contributed by atoms with Gasteiger partial charge in [-0.25, -0.2) is 9.59 Å². The van der Waals surface area contributed by atoms with Crippen molar-refractivity contribution in [3.63, 3.8) is 0 Å². The molecule has 10 nitrogen and oxygen atoms in total. The molecular weight excluding hydrogens is 607 g/mol. The molecule has 2 aliphatic rings. The van der Waals surface area contributed by atoms with Crippen LogP contribution >= 0.6 is 0 Å². The molecule has 252 valence electrons. The third-order valence-electron chi connectivity index (χ3n) is 7.86. The summed E-state index contributed by atoms with van der Waals surface area (Å²) in [6.07, 6.45) is -5.36. The van der Waals surface area contributed by atoms with Crippen molar-refractivity contribution in [3.8, 4) is 5.75 Å². The van der Waals surface area contributed by atoms with Gasteiger partial charge in [0.1, 0.15) is 17.5 Å². The molecule has 0 aromatic heterocycles. The topological polar surface area (TPSA) is 107 Å². The van der Waals surface area contributed by atoms with Gasteiger partial charge in [0.05, 0.1) is 36.4 Å². The number of halogens is 3. The maximum atomic E-state index is 13.8.